The molecule has 0 saturated heterocycles. The predicted molar refractivity (Wildman–Crippen MR) is 107 cm³/mol. The lowest BCUT2D eigenvalue weighted by Crippen LogP contribution is -2.11. The molecule has 0 spiro atoms. The van der Waals surface area contributed by atoms with Crippen molar-refractivity contribution in [1.82, 2.24) is 14.8 Å². The molecule has 0 aliphatic rings. The summed E-state index contributed by atoms with van der Waals surface area (Å²) in [5, 5.41) is 20.1. The summed E-state index contributed by atoms with van der Waals surface area (Å²) in [5.41, 5.74) is 4.22. The van der Waals surface area contributed by atoms with E-state index in [2.05, 4.69) is 23.2 Å². The molecule has 0 saturated carbocycles. The summed E-state index contributed by atoms with van der Waals surface area (Å²) in [6.07, 6.45) is 0.939. The van der Waals surface area contributed by atoms with Crippen LogP contribution in [-0.2, 0) is 6.42 Å². The molecule has 0 unspecified atom stereocenters. The first-order chi connectivity index (χ1) is 13.0. The van der Waals surface area contributed by atoms with E-state index in [4.69, 9.17) is 0 Å². The van der Waals surface area contributed by atoms with Gasteiger partial charge >= 0.3 is 0 Å². The summed E-state index contributed by atoms with van der Waals surface area (Å²) in [6.45, 7) is 5.83. The minimum Gasteiger partial charge on any atom is -0.274 e. The van der Waals surface area contributed by atoms with Crippen LogP contribution in [0.4, 0.5) is 0 Å². The van der Waals surface area contributed by atoms with Crippen molar-refractivity contribution in [2.45, 2.75) is 37.6 Å². The lowest BCUT2D eigenvalue weighted by Gasteiger charge is -2.15. The fourth-order valence-electron chi connectivity index (χ4n) is 2.92. The van der Waals surface area contributed by atoms with Gasteiger partial charge in [-0.15, -0.1) is 10.2 Å². The second-order valence-electron chi connectivity index (χ2n) is 6.42. The number of hydrogen-bond acceptors (Lipinski definition) is 5. The van der Waals surface area contributed by atoms with Crippen molar-refractivity contribution in [2.75, 3.05) is 6.54 Å². The molecule has 6 nitrogen and oxygen atoms in total. The molecule has 0 aliphatic heterocycles. The van der Waals surface area contributed by atoms with Crippen LogP contribution in [0.15, 0.2) is 53.7 Å². The largest absolute Gasteiger partial charge is 0.274 e. The standard InChI is InChI=1S/C20H22N4O2S/c1-4-16-8-10-17(11-9-16)19(13-23(25)26)27-20-22-21-15(3)24(20)18-7-5-6-14(2)12-18/h5-12,19H,4,13H2,1-3H3/t19-/m1/s1. The quantitative estimate of drug-likeness (QED) is 0.340. The van der Waals surface area contributed by atoms with Crippen LogP contribution in [-0.4, -0.2) is 26.2 Å². The van der Waals surface area contributed by atoms with Gasteiger partial charge in [-0.1, -0.05) is 55.1 Å². The number of nitrogens with zero attached hydrogens (tertiary/aromatic N) is 4. The van der Waals surface area contributed by atoms with Gasteiger partial charge in [0, 0.05) is 10.6 Å². The van der Waals surface area contributed by atoms with Gasteiger partial charge in [-0.3, -0.25) is 14.7 Å². The Bertz CT molecular complexity index is 937. The van der Waals surface area contributed by atoms with E-state index < -0.39 is 0 Å². The van der Waals surface area contributed by atoms with Crippen LogP contribution < -0.4 is 0 Å². The molecule has 27 heavy (non-hydrogen) atoms. The lowest BCUT2D eigenvalue weighted by molar-refractivity contribution is -0.479. The van der Waals surface area contributed by atoms with Crippen molar-refractivity contribution in [3.63, 3.8) is 0 Å². The second-order valence-corrected chi connectivity index (χ2v) is 7.59. The van der Waals surface area contributed by atoms with Crippen LogP contribution in [0.3, 0.4) is 0 Å². The van der Waals surface area contributed by atoms with Gasteiger partial charge in [0.2, 0.25) is 6.54 Å². The van der Waals surface area contributed by atoms with Crippen LogP contribution in [0.25, 0.3) is 5.69 Å². The zero-order valence-corrected chi connectivity index (χ0v) is 16.4. The molecular formula is C20H22N4O2S. The number of benzene rings is 2. The molecule has 3 aromatic rings. The Morgan fingerprint density at radius 1 is 1.15 bits per heavy atom. The summed E-state index contributed by atoms with van der Waals surface area (Å²) < 4.78 is 1.95. The number of aromatic nitrogens is 3. The maximum Gasteiger partial charge on any atom is 0.220 e. The number of rotatable bonds is 7. The molecule has 0 N–H and O–H groups in total. The van der Waals surface area contributed by atoms with Gasteiger partial charge in [0.15, 0.2) is 5.16 Å². The van der Waals surface area contributed by atoms with Crippen LogP contribution in [0, 0.1) is 24.0 Å². The molecule has 3 rings (SSSR count). The Morgan fingerprint density at radius 3 is 2.52 bits per heavy atom. The SMILES string of the molecule is CCc1ccc([C@@H](C[N+](=O)[O-])Sc2nnc(C)n2-c2cccc(C)c2)cc1. The van der Waals surface area contributed by atoms with E-state index in [-0.39, 0.29) is 16.7 Å². The molecule has 0 bridgehead atoms. The Balaban J connectivity index is 1.95. The van der Waals surface area contributed by atoms with Gasteiger partial charge in [0.1, 0.15) is 11.1 Å². The average Bonchev–Trinajstić information content (AvgIpc) is 3.01. The highest BCUT2D eigenvalue weighted by Crippen LogP contribution is 2.36. The second kappa shape index (κ2) is 8.35. The summed E-state index contributed by atoms with van der Waals surface area (Å²) in [7, 11) is 0. The highest BCUT2D eigenvalue weighted by atomic mass is 32.2. The van der Waals surface area contributed by atoms with Gasteiger partial charge in [-0.25, -0.2) is 0 Å². The van der Waals surface area contributed by atoms with Crippen molar-refractivity contribution >= 4 is 11.8 Å². The monoisotopic (exact) mass is 382 g/mol. The average molecular weight is 382 g/mol. The minimum absolute atomic E-state index is 0.171. The van der Waals surface area contributed by atoms with Crippen LogP contribution in [0.5, 0.6) is 0 Å². The van der Waals surface area contributed by atoms with E-state index in [9.17, 15) is 10.1 Å². The van der Waals surface area contributed by atoms with Crippen molar-refractivity contribution in [3.05, 3.63) is 81.2 Å². The molecule has 0 fully saturated rings. The first kappa shape index (κ1) is 19.1. The Labute approximate surface area is 162 Å². The molecule has 1 heterocycles. The van der Waals surface area contributed by atoms with E-state index in [1.165, 1.54) is 17.3 Å². The molecule has 0 aliphatic carbocycles. The van der Waals surface area contributed by atoms with Crippen LogP contribution in [0.1, 0.15) is 34.7 Å². The molecule has 140 valence electrons. The Morgan fingerprint density at radius 2 is 1.89 bits per heavy atom. The van der Waals surface area contributed by atoms with Gasteiger partial charge in [-0.2, -0.15) is 0 Å². The predicted octanol–water partition coefficient (Wildman–Crippen LogP) is 4.56. The molecule has 2 aromatic carbocycles. The molecule has 7 heteroatoms. The van der Waals surface area contributed by atoms with E-state index in [1.54, 1.807) is 0 Å². The molecule has 0 radical (unpaired) electrons. The molecular weight excluding hydrogens is 360 g/mol. The Hall–Kier alpha value is -2.67. The third-order valence-electron chi connectivity index (χ3n) is 4.38. The third-order valence-corrected chi connectivity index (χ3v) is 5.56. The van der Waals surface area contributed by atoms with Crippen molar-refractivity contribution in [2.24, 2.45) is 0 Å². The number of thioether (sulfide) groups is 1. The number of hydrogen-bond donors (Lipinski definition) is 0. The lowest BCUT2D eigenvalue weighted by atomic mass is 10.1. The minimum atomic E-state index is -0.335. The highest BCUT2D eigenvalue weighted by molar-refractivity contribution is 7.99. The molecule has 1 aromatic heterocycles. The van der Waals surface area contributed by atoms with Crippen molar-refractivity contribution in [3.8, 4) is 5.69 Å². The van der Waals surface area contributed by atoms with Gasteiger partial charge in [-0.05, 0) is 49.1 Å². The fraction of sp³-hybridized carbons (Fsp3) is 0.300. The summed E-state index contributed by atoms with van der Waals surface area (Å²) in [4.78, 5) is 11.0. The smallest absolute Gasteiger partial charge is 0.220 e. The van der Waals surface area contributed by atoms with E-state index in [0.717, 1.165) is 29.1 Å². The maximum atomic E-state index is 11.3. The highest BCUT2D eigenvalue weighted by Gasteiger charge is 2.23. The van der Waals surface area contributed by atoms with Crippen molar-refractivity contribution < 1.29 is 4.92 Å². The maximum absolute atomic E-state index is 11.3. The third kappa shape index (κ3) is 4.54. The van der Waals surface area contributed by atoms with Crippen LogP contribution in [0.2, 0.25) is 0 Å². The molecule has 1 atom stereocenters. The van der Waals surface area contributed by atoms with Gasteiger partial charge in [0.05, 0.1) is 0 Å². The first-order valence-corrected chi connectivity index (χ1v) is 9.72. The van der Waals surface area contributed by atoms with Crippen molar-refractivity contribution in [1.29, 1.82) is 0 Å². The molecule has 0 amide bonds. The number of aryl methyl sites for hydroxylation is 3. The zero-order chi connectivity index (χ0) is 19.4. The fourth-order valence-corrected chi connectivity index (χ4v) is 4.10. The topological polar surface area (TPSA) is 73.8 Å². The van der Waals surface area contributed by atoms with E-state index >= 15 is 0 Å². The van der Waals surface area contributed by atoms with Gasteiger partial charge < -0.3 is 0 Å². The normalized spacial score (nSPS) is 12.1. The van der Waals surface area contributed by atoms with E-state index in [0.29, 0.717) is 5.16 Å². The van der Waals surface area contributed by atoms with E-state index in [1.807, 2.05) is 60.9 Å². The summed E-state index contributed by atoms with van der Waals surface area (Å²) >= 11 is 1.38. The van der Waals surface area contributed by atoms with Gasteiger partial charge in [0.25, 0.3) is 0 Å². The summed E-state index contributed by atoms with van der Waals surface area (Å²) in [5.74, 6) is 0.754. The first-order valence-electron chi connectivity index (χ1n) is 8.84. The van der Waals surface area contributed by atoms with Crippen LogP contribution >= 0.6 is 11.8 Å². The zero-order valence-electron chi connectivity index (χ0n) is 15.6. The Kier molecular flexibility index (Phi) is 5.91. The summed E-state index contributed by atoms with van der Waals surface area (Å²) in [6, 6.07) is 16.1. The number of nitro groups is 1.